The van der Waals surface area contributed by atoms with E-state index >= 15 is 0 Å². The molecule has 0 radical (unpaired) electrons. The number of amides is 2. The van der Waals surface area contributed by atoms with Crippen LogP contribution in [0.15, 0.2) is 12.3 Å². The molecule has 36 heavy (non-hydrogen) atoms. The van der Waals surface area contributed by atoms with Crippen LogP contribution in [0.5, 0.6) is 0 Å². The number of rotatable bonds is 4. The summed E-state index contributed by atoms with van der Waals surface area (Å²) in [6, 6.07) is 1.92. The van der Waals surface area contributed by atoms with Crippen molar-refractivity contribution in [3.63, 3.8) is 0 Å². The minimum Gasteiger partial charge on any atom is -0.444 e. The minimum absolute atomic E-state index is 0.0895. The summed E-state index contributed by atoms with van der Waals surface area (Å²) in [6.45, 7) is 14.0. The Bertz CT molecular complexity index is 1100. The second-order valence-corrected chi connectivity index (χ2v) is 12.5. The number of likely N-dealkylation sites (tertiary alicyclic amines) is 2. The zero-order chi connectivity index (χ0) is 26.1. The predicted molar refractivity (Wildman–Crippen MR) is 141 cm³/mol. The van der Waals surface area contributed by atoms with Crippen LogP contribution in [0.1, 0.15) is 75.7 Å². The lowest BCUT2D eigenvalue weighted by atomic mass is 9.78. The first-order chi connectivity index (χ1) is 16.9. The standard InChI is InChI=1S/C26H38N6O3S/c1-17-14-20(30-23-27-15-18(2)36-23)29-21(28-17)19-8-7-11-32(16-19)22(33)26(6)9-12-31(13-10-26)24(34)35-25(3,4)5/h14-15,19H,7-13,16H2,1-6H3,(H,27,28,29,30). The quantitative estimate of drug-likeness (QED) is 0.610. The smallest absolute Gasteiger partial charge is 0.410 e. The Kier molecular flexibility index (Phi) is 7.54. The van der Waals surface area contributed by atoms with Gasteiger partial charge in [0, 0.05) is 60.3 Å². The number of thiazole rings is 1. The van der Waals surface area contributed by atoms with Crippen molar-refractivity contribution >= 4 is 34.3 Å². The van der Waals surface area contributed by atoms with Crippen LogP contribution in [0.2, 0.25) is 0 Å². The first kappa shape index (κ1) is 26.3. The molecular formula is C26H38N6O3S. The van der Waals surface area contributed by atoms with Crippen molar-refractivity contribution in [3.8, 4) is 0 Å². The fourth-order valence-electron chi connectivity index (χ4n) is 4.84. The minimum atomic E-state index is -0.525. The van der Waals surface area contributed by atoms with Crippen molar-refractivity contribution < 1.29 is 14.3 Å². The van der Waals surface area contributed by atoms with Gasteiger partial charge in [-0.05, 0) is 60.3 Å². The molecule has 0 saturated carbocycles. The molecule has 4 heterocycles. The van der Waals surface area contributed by atoms with E-state index in [2.05, 4.69) is 10.3 Å². The molecule has 2 amide bonds. The van der Waals surface area contributed by atoms with E-state index in [1.165, 1.54) is 0 Å². The molecule has 4 rings (SSSR count). The normalized spacial score (nSPS) is 20.2. The Morgan fingerprint density at radius 2 is 1.86 bits per heavy atom. The number of piperidine rings is 2. The fraction of sp³-hybridized carbons (Fsp3) is 0.654. The van der Waals surface area contributed by atoms with Crippen molar-refractivity contribution in [1.82, 2.24) is 24.8 Å². The summed E-state index contributed by atoms with van der Waals surface area (Å²) in [7, 11) is 0. The number of ether oxygens (including phenoxy) is 1. The van der Waals surface area contributed by atoms with Gasteiger partial charge in [0.1, 0.15) is 17.2 Å². The molecule has 1 N–H and O–H groups in total. The van der Waals surface area contributed by atoms with Crippen molar-refractivity contribution in [2.45, 2.75) is 78.7 Å². The highest BCUT2D eigenvalue weighted by molar-refractivity contribution is 7.15. The summed E-state index contributed by atoms with van der Waals surface area (Å²) in [5.41, 5.74) is -0.118. The molecule has 0 aromatic carbocycles. The summed E-state index contributed by atoms with van der Waals surface area (Å²) >= 11 is 1.59. The highest BCUT2D eigenvalue weighted by Crippen LogP contribution is 2.36. The third-order valence-corrected chi connectivity index (χ3v) is 7.66. The molecule has 2 aliphatic heterocycles. The fourth-order valence-corrected chi connectivity index (χ4v) is 5.51. The van der Waals surface area contributed by atoms with Crippen LogP contribution in [0.25, 0.3) is 0 Å². The Morgan fingerprint density at radius 1 is 1.14 bits per heavy atom. The maximum Gasteiger partial charge on any atom is 0.410 e. The molecule has 2 aliphatic rings. The summed E-state index contributed by atoms with van der Waals surface area (Å²) in [5, 5.41) is 4.11. The molecular weight excluding hydrogens is 476 g/mol. The van der Waals surface area contributed by atoms with E-state index in [0.717, 1.165) is 46.7 Å². The summed E-state index contributed by atoms with van der Waals surface area (Å²) in [5.74, 6) is 1.76. The Labute approximate surface area is 217 Å². The molecule has 0 bridgehead atoms. The largest absolute Gasteiger partial charge is 0.444 e. The van der Waals surface area contributed by atoms with E-state index < -0.39 is 11.0 Å². The van der Waals surface area contributed by atoms with Gasteiger partial charge in [-0.3, -0.25) is 4.79 Å². The van der Waals surface area contributed by atoms with Crippen molar-refractivity contribution in [2.24, 2.45) is 5.41 Å². The van der Waals surface area contributed by atoms with E-state index in [9.17, 15) is 9.59 Å². The maximum atomic E-state index is 13.7. The molecule has 196 valence electrons. The number of carbonyl (C=O) groups is 2. The predicted octanol–water partition coefficient (Wildman–Crippen LogP) is 5.04. The van der Waals surface area contributed by atoms with Gasteiger partial charge in [0.25, 0.3) is 0 Å². The lowest BCUT2D eigenvalue weighted by Gasteiger charge is -2.43. The molecule has 9 nitrogen and oxygen atoms in total. The van der Waals surface area contributed by atoms with E-state index in [1.54, 1.807) is 16.2 Å². The SMILES string of the molecule is Cc1cc(Nc2ncc(C)s2)nc(C2CCCN(C(=O)C3(C)CCN(C(=O)OC(C)(C)C)CC3)C2)n1. The number of aryl methyl sites for hydroxylation is 2. The van der Waals surface area contributed by atoms with Gasteiger partial charge in [-0.25, -0.2) is 19.7 Å². The number of nitrogens with one attached hydrogen (secondary N) is 1. The van der Waals surface area contributed by atoms with Gasteiger partial charge in [-0.15, -0.1) is 11.3 Å². The molecule has 2 aromatic heterocycles. The number of aromatic nitrogens is 3. The zero-order valence-electron chi connectivity index (χ0n) is 22.3. The second kappa shape index (κ2) is 10.3. The van der Waals surface area contributed by atoms with Crippen LogP contribution in [0, 0.1) is 19.3 Å². The second-order valence-electron chi connectivity index (χ2n) is 11.3. The molecule has 0 spiro atoms. The average Bonchev–Trinajstić information content (AvgIpc) is 3.22. The van der Waals surface area contributed by atoms with Crippen molar-refractivity contribution in [1.29, 1.82) is 0 Å². The van der Waals surface area contributed by atoms with Gasteiger partial charge in [0.05, 0.1) is 0 Å². The Hall–Kier alpha value is -2.75. The van der Waals surface area contributed by atoms with Crippen LogP contribution in [0.3, 0.4) is 0 Å². The van der Waals surface area contributed by atoms with Crippen LogP contribution in [0.4, 0.5) is 15.7 Å². The van der Waals surface area contributed by atoms with Crippen LogP contribution >= 0.6 is 11.3 Å². The molecule has 0 aliphatic carbocycles. The topological polar surface area (TPSA) is 101 Å². The summed E-state index contributed by atoms with van der Waals surface area (Å²) in [6.07, 6.45) is 4.67. The van der Waals surface area contributed by atoms with Crippen molar-refractivity contribution in [2.75, 3.05) is 31.5 Å². The number of carbonyl (C=O) groups excluding carboxylic acids is 2. The molecule has 1 unspecified atom stereocenters. The molecule has 2 fully saturated rings. The number of nitrogens with zero attached hydrogens (tertiary/aromatic N) is 5. The van der Waals surface area contributed by atoms with Gasteiger partial charge in [-0.2, -0.15) is 0 Å². The van der Waals surface area contributed by atoms with E-state index in [0.29, 0.717) is 32.5 Å². The van der Waals surface area contributed by atoms with Gasteiger partial charge in [0.2, 0.25) is 5.91 Å². The number of anilines is 2. The van der Waals surface area contributed by atoms with Crippen molar-refractivity contribution in [3.05, 3.63) is 28.7 Å². The lowest BCUT2D eigenvalue weighted by molar-refractivity contribution is -0.145. The van der Waals surface area contributed by atoms with E-state index in [1.807, 2.05) is 58.7 Å². The average molecular weight is 515 g/mol. The first-order valence-electron chi connectivity index (χ1n) is 12.7. The lowest BCUT2D eigenvalue weighted by Crippen LogP contribution is -2.52. The number of hydrogen-bond acceptors (Lipinski definition) is 8. The van der Waals surface area contributed by atoms with E-state index in [-0.39, 0.29) is 17.9 Å². The van der Waals surface area contributed by atoms with Gasteiger partial charge in [-0.1, -0.05) is 6.92 Å². The summed E-state index contributed by atoms with van der Waals surface area (Å²) < 4.78 is 5.51. The van der Waals surface area contributed by atoms with Gasteiger partial charge in [0.15, 0.2) is 5.13 Å². The van der Waals surface area contributed by atoms with E-state index in [4.69, 9.17) is 14.7 Å². The van der Waals surface area contributed by atoms with Gasteiger partial charge < -0.3 is 19.9 Å². The molecule has 10 heteroatoms. The van der Waals surface area contributed by atoms with Crippen LogP contribution in [-0.2, 0) is 9.53 Å². The maximum absolute atomic E-state index is 13.7. The van der Waals surface area contributed by atoms with Crippen LogP contribution in [-0.4, -0.2) is 68.5 Å². The number of hydrogen-bond donors (Lipinski definition) is 1. The monoisotopic (exact) mass is 514 g/mol. The highest BCUT2D eigenvalue weighted by Gasteiger charge is 2.42. The van der Waals surface area contributed by atoms with Crippen LogP contribution < -0.4 is 5.32 Å². The molecule has 2 aromatic rings. The Balaban J connectivity index is 1.40. The third kappa shape index (κ3) is 6.32. The summed E-state index contributed by atoms with van der Waals surface area (Å²) in [4.78, 5) is 44.8. The highest BCUT2D eigenvalue weighted by atomic mass is 32.1. The zero-order valence-corrected chi connectivity index (χ0v) is 23.1. The molecule has 2 saturated heterocycles. The third-order valence-electron chi connectivity index (χ3n) is 6.84. The molecule has 1 atom stereocenters. The first-order valence-corrected chi connectivity index (χ1v) is 13.6. The Morgan fingerprint density at radius 3 is 2.50 bits per heavy atom. The van der Waals surface area contributed by atoms with Gasteiger partial charge >= 0.3 is 6.09 Å².